The molecule has 0 unspecified atom stereocenters. The normalized spacial score (nSPS) is 18.0. The molecule has 2 aliphatic rings. The summed E-state index contributed by atoms with van der Waals surface area (Å²) in [4.78, 5) is 21.3. The van der Waals surface area contributed by atoms with Crippen molar-refractivity contribution >= 4 is 34.6 Å². The lowest BCUT2D eigenvalue weighted by Gasteiger charge is -2.35. The van der Waals surface area contributed by atoms with Gasteiger partial charge in [0, 0.05) is 44.7 Å². The largest absolute Gasteiger partial charge is 0.429 e. The lowest BCUT2D eigenvalue weighted by Crippen LogP contribution is -2.50. The minimum Gasteiger partial charge on any atom is -0.349 e. The predicted octanol–water partition coefficient (Wildman–Crippen LogP) is 4.56. The van der Waals surface area contributed by atoms with Crippen LogP contribution in [0.25, 0.3) is 0 Å². The number of rotatable bonds is 7. The maximum atomic E-state index is 13.1. The molecule has 11 heteroatoms. The van der Waals surface area contributed by atoms with Gasteiger partial charge in [-0.15, -0.1) is 0 Å². The standard InChI is InChI=1S/C25H26ClF3N4O3/c26-19-3-1-2-4-20(19)31-21(15-22(30)25(27,28)29)17-5-7-18(8-6-17)24(34)33-11-9-32(10-12-33)16-23-35-13-14-36-23/h1-8,23,30H,9-16H2. The average molecular weight is 523 g/mol. The summed E-state index contributed by atoms with van der Waals surface area (Å²) < 4.78 is 50.2. The zero-order valence-corrected chi connectivity index (χ0v) is 20.2. The van der Waals surface area contributed by atoms with Crippen molar-refractivity contribution in [1.29, 1.82) is 5.41 Å². The van der Waals surface area contributed by atoms with Crippen LogP contribution in [-0.2, 0) is 9.47 Å². The van der Waals surface area contributed by atoms with Crippen LogP contribution in [0.4, 0.5) is 18.9 Å². The van der Waals surface area contributed by atoms with E-state index in [0.29, 0.717) is 62.8 Å². The summed E-state index contributed by atoms with van der Waals surface area (Å²) in [7, 11) is 0. The third-order valence-electron chi connectivity index (χ3n) is 6.02. The number of amides is 1. The van der Waals surface area contributed by atoms with Crippen molar-refractivity contribution in [2.45, 2.75) is 18.9 Å². The summed E-state index contributed by atoms with van der Waals surface area (Å²) in [6.07, 6.45) is -5.71. The number of carbonyl (C=O) groups excluding carboxylic acids is 1. The van der Waals surface area contributed by atoms with Gasteiger partial charge in [-0.2, -0.15) is 13.2 Å². The Morgan fingerprint density at radius 3 is 2.22 bits per heavy atom. The van der Waals surface area contributed by atoms with E-state index in [0.717, 1.165) is 0 Å². The van der Waals surface area contributed by atoms with Crippen molar-refractivity contribution in [2.75, 3.05) is 45.9 Å². The third-order valence-corrected chi connectivity index (χ3v) is 6.34. The second-order valence-corrected chi connectivity index (χ2v) is 8.91. The molecule has 0 aromatic heterocycles. The highest BCUT2D eigenvalue weighted by Crippen LogP contribution is 2.27. The topological polar surface area (TPSA) is 78.2 Å². The van der Waals surface area contributed by atoms with Gasteiger partial charge in [0.25, 0.3) is 5.91 Å². The van der Waals surface area contributed by atoms with Gasteiger partial charge in [0.05, 0.1) is 29.6 Å². The van der Waals surface area contributed by atoms with Crippen molar-refractivity contribution < 1.29 is 27.4 Å². The van der Waals surface area contributed by atoms with Gasteiger partial charge in [0.2, 0.25) is 0 Å². The van der Waals surface area contributed by atoms with Gasteiger partial charge in [-0.1, -0.05) is 35.9 Å². The van der Waals surface area contributed by atoms with Gasteiger partial charge in [-0.3, -0.25) is 14.7 Å². The summed E-state index contributed by atoms with van der Waals surface area (Å²) in [5, 5.41) is 7.73. The first kappa shape index (κ1) is 26.3. The third kappa shape index (κ3) is 6.70. The molecule has 2 aliphatic heterocycles. The fraction of sp³-hybridized carbons (Fsp3) is 0.400. The van der Waals surface area contributed by atoms with E-state index in [9.17, 15) is 18.0 Å². The predicted molar refractivity (Wildman–Crippen MR) is 131 cm³/mol. The van der Waals surface area contributed by atoms with Gasteiger partial charge >= 0.3 is 6.18 Å². The summed E-state index contributed by atoms with van der Waals surface area (Å²) in [5.74, 6) is -0.151. The van der Waals surface area contributed by atoms with E-state index in [4.69, 9.17) is 26.5 Å². The average Bonchev–Trinajstić information content (AvgIpc) is 3.37. The van der Waals surface area contributed by atoms with Gasteiger partial charge < -0.3 is 19.8 Å². The molecule has 192 valence electrons. The smallest absolute Gasteiger partial charge is 0.349 e. The fourth-order valence-electron chi connectivity index (χ4n) is 4.01. The van der Waals surface area contributed by atoms with Crippen LogP contribution in [0.5, 0.6) is 0 Å². The quantitative estimate of drug-likeness (QED) is 0.541. The Hall–Kier alpha value is -2.79. The van der Waals surface area contributed by atoms with Crippen molar-refractivity contribution in [2.24, 2.45) is 4.99 Å². The van der Waals surface area contributed by atoms with E-state index in [1.165, 1.54) is 0 Å². The van der Waals surface area contributed by atoms with Crippen LogP contribution in [-0.4, -0.2) is 85.5 Å². The number of piperazine rings is 1. The van der Waals surface area contributed by atoms with E-state index in [1.54, 1.807) is 53.4 Å². The van der Waals surface area contributed by atoms with E-state index in [1.807, 2.05) is 0 Å². The SMILES string of the molecule is N=C(CC(=Nc1ccccc1Cl)c1ccc(C(=O)N2CCN(CC3OCCO3)CC2)cc1)C(F)(F)F. The first-order valence-electron chi connectivity index (χ1n) is 11.5. The maximum absolute atomic E-state index is 13.1. The van der Waals surface area contributed by atoms with Crippen LogP contribution in [0.1, 0.15) is 22.3 Å². The monoisotopic (exact) mass is 522 g/mol. The molecule has 0 saturated carbocycles. The van der Waals surface area contributed by atoms with Crippen molar-refractivity contribution in [3.8, 4) is 0 Å². The maximum Gasteiger partial charge on any atom is 0.429 e. The molecule has 1 amide bonds. The van der Waals surface area contributed by atoms with Gasteiger partial charge in [0.15, 0.2) is 6.29 Å². The number of benzene rings is 2. The Morgan fingerprint density at radius 1 is 1.00 bits per heavy atom. The summed E-state index contributed by atoms with van der Waals surface area (Å²) in [6, 6.07) is 12.8. The van der Waals surface area contributed by atoms with Gasteiger partial charge in [-0.25, -0.2) is 0 Å². The van der Waals surface area contributed by atoms with Crippen LogP contribution in [0.3, 0.4) is 0 Å². The van der Waals surface area contributed by atoms with Gasteiger partial charge in [0.1, 0.15) is 5.71 Å². The molecular weight excluding hydrogens is 497 g/mol. The molecule has 2 heterocycles. The number of alkyl halides is 3. The van der Waals surface area contributed by atoms with E-state index in [-0.39, 0.29) is 22.9 Å². The number of aliphatic imine (C=N–C) groups is 1. The number of hydrogen-bond donors (Lipinski definition) is 1. The van der Waals surface area contributed by atoms with Crippen molar-refractivity contribution in [1.82, 2.24) is 9.80 Å². The minimum atomic E-state index is -4.77. The molecular formula is C25H26ClF3N4O3. The molecule has 4 rings (SSSR count). The van der Waals surface area contributed by atoms with E-state index in [2.05, 4.69) is 9.89 Å². The Kier molecular flexibility index (Phi) is 8.40. The fourth-order valence-corrected chi connectivity index (χ4v) is 4.18. The Bertz CT molecular complexity index is 1110. The molecule has 7 nitrogen and oxygen atoms in total. The minimum absolute atomic E-state index is 0.0365. The molecule has 1 N–H and O–H groups in total. The number of carbonyl (C=O) groups is 1. The summed E-state index contributed by atoms with van der Waals surface area (Å²) >= 11 is 6.14. The number of para-hydroxylation sites is 1. The number of halogens is 4. The molecule has 0 aliphatic carbocycles. The van der Waals surface area contributed by atoms with Crippen molar-refractivity contribution in [3.63, 3.8) is 0 Å². The molecule has 0 atom stereocenters. The highest BCUT2D eigenvalue weighted by molar-refractivity contribution is 6.33. The molecule has 0 spiro atoms. The second-order valence-electron chi connectivity index (χ2n) is 8.50. The van der Waals surface area contributed by atoms with E-state index < -0.39 is 18.3 Å². The summed E-state index contributed by atoms with van der Waals surface area (Å²) in [6.45, 7) is 4.35. The van der Waals surface area contributed by atoms with Crippen LogP contribution in [0.15, 0.2) is 53.5 Å². The molecule has 2 aromatic carbocycles. The van der Waals surface area contributed by atoms with Crippen molar-refractivity contribution in [3.05, 3.63) is 64.7 Å². The Morgan fingerprint density at radius 2 is 1.61 bits per heavy atom. The lowest BCUT2D eigenvalue weighted by atomic mass is 10.0. The highest BCUT2D eigenvalue weighted by atomic mass is 35.5. The Labute approximate surface area is 212 Å². The first-order valence-corrected chi connectivity index (χ1v) is 11.9. The van der Waals surface area contributed by atoms with Crippen LogP contribution in [0.2, 0.25) is 5.02 Å². The zero-order chi connectivity index (χ0) is 25.7. The van der Waals surface area contributed by atoms with Gasteiger partial charge in [-0.05, 0) is 29.8 Å². The second kappa shape index (κ2) is 11.5. The molecule has 2 saturated heterocycles. The van der Waals surface area contributed by atoms with Crippen LogP contribution < -0.4 is 0 Å². The molecule has 2 fully saturated rings. The number of nitrogens with one attached hydrogen (secondary N) is 1. The number of hydrogen-bond acceptors (Lipinski definition) is 6. The lowest BCUT2D eigenvalue weighted by molar-refractivity contribution is -0.0664. The Balaban J connectivity index is 1.45. The number of ether oxygens (including phenoxy) is 2. The molecule has 0 bridgehead atoms. The first-order chi connectivity index (χ1) is 17.2. The van der Waals surface area contributed by atoms with E-state index >= 15 is 0 Å². The zero-order valence-electron chi connectivity index (χ0n) is 19.4. The number of nitrogens with zero attached hydrogens (tertiary/aromatic N) is 3. The molecule has 36 heavy (non-hydrogen) atoms. The molecule has 0 radical (unpaired) electrons. The van der Waals surface area contributed by atoms with Crippen LogP contribution >= 0.6 is 11.6 Å². The van der Waals surface area contributed by atoms with Crippen LogP contribution in [0, 0.1) is 5.41 Å². The highest BCUT2D eigenvalue weighted by Gasteiger charge is 2.35. The molecule has 2 aromatic rings. The summed E-state index contributed by atoms with van der Waals surface area (Å²) in [5.41, 5.74) is -0.274.